The van der Waals surface area contributed by atoms with Crippen LogP contribution in [0, 0.1) is 5.92 Å². The molecule has 7 nitrogen and oxygen atoms in total. The number of rotatable bonds is 10. The van der Waals surface area contributed by atoms with E-state index in [0.717, 1.165) is 36.3 Å². The Labute approximate surface area is 219 Å². The van der Waals surface area contributed by atoms with Crippen LogP contribution in [0.2, 0.25) is 0 Å². The number of nitrogens with zero attached hydrogens (tertiary/aromatic N) is 2. The summed E-state index contributed by atoms with van der Waals surface area (Å²) in [5, 5.41) is 11.4. The molecule has 2 atom stereocenters. The first kappa shape index (κ1) is 26.7. The summed E-state index contributed by atoms with van der Waals surface area (Å²) in [4.78, 5) is 30.2. The van der Waals surface area contributed by atoms with Gasteiger partial charge in [0, 0.05) is 18.5 Å². The predicted octanol–water partition coefficient (Wildman–Crippen LogP) is 4.81. The van der Waals surface area contributed by atoms with E-state index in [4.69, 9.17) is 9.47 Å². The fraction of sp³-hybridized carbons (Fsp3) is 0.467. The summed E-state index contributed by atoms with van der Waals surface area (Å²) in [5.41, 5.74) is 2.35. The third-order valence-corrected chi connectivity index (χ3v) is 6.85. The van der Waals surface area contributed by atoms with E-state index in [9.17, 15) is 14.7 Å². The Bertz CT molecular complexity index is 1190. The SMILES string of the molecule is CC(C)CCOc1cccc(C2/C(=C(\O)c3ccc4c(c3)CC(C)O4)C(=O)C(=O)N2CCCN(C)C)c1. The third kappa shape index (κ3) is 5.99. The number of carbonyl (C=O) groups excluding carboxylic acids is 2. The molecule has 1 saturated heterocycles. The van der Waals surface area contributed by atoms with Gasteiger partial charge in [0.25, 0.3) is 11.7 Å². The molecule has 4 rings (SSSR count). The highest BCUT2D eigenvalue weighted by Gasteiger charge is 2.46. The molecule has 0 spiro atoms. The fourth-order valence-corrected chi connectivity index (χ4v) is 4.93. The third-order valence-electron chi connectivity index (χ3n) is 6.85. The Morgan fingerprint density at radius 1 is 1.19 bits per heavy atom. The molecule has 7 heteroatoms. The highest BCUT2D eigenvalue weighted by molar-refractivity contribution is 6.46. The van der Waals surface area contributed by atoms with E-state index in [1.165, 1.54) is 0 Å². The molecule has 2 unspecified atom stereocenters. The Kier molecular flexibility index (Phi) is 8.22. The van der Waals surface area contributed by atoms with Crippen molar-refractivity contribution >= 4 is 17.4 Å². The van der Waals surface area contributed by atoms with Gasteiger partial charge >= 0.3 is 0 Å². The Hall–Kier alpha value is -3.32. The molecule has 0 aromatic heterocycles. The standard InChI is InChI=1S/C30H38N2O5/c1-19(2)12-15-36-24-9-6-8-21(18-24)27-26(29(34)30(35)32(27)14-7-13-31(4)5)28(33)22-10-11-25-23(17-22)16-20(3)37-25/h6,8-11,17-20,27,33H,7,12-16H2,1-5H3/b28-26+. The van der Waals surface area contributed by atoms with Crippen LogP contribution < -0.4 is 9.47 Å². The second-order valence-corrected chi connectivity index (χ2v) is 10.7. The average molecular weight is 507 g/mol. The molecule has 2 aromatic carbocycles. The molecular weight excluding hydrogens is 468 g/mol. The van der Waals surface area contributed by atoms with Crippen LogP contribution in [0.25, 0.3) is 5.76 Å². The number of ether oxygens (including phenoxy) is 2. The zero-order valence-corrected chi connectivity index (χ0v) is 22.5. The molecule has 198 valence electrons. The Balaban J connectivity index is 1.73. The number of amides is 1. The van der Waals surface area contributed by atoms with Gasteiger partial charge in [0.1, 0.15) is 23.4 Å². The summed E-state index contributed by atoms with van der Waals surface area (Å²) >= 11 is 0. The van der Waals surface area contributed by atoms with E-state index in [2.05, 4.69) is 13.8 Å². The minimum absolute atomic E-state index is 0.0631. The molecule has 0 saturated carbocycles. The quantitative estimate of drug-likeness (QED) is 0.283. The highest BCUT2D eigenvalue weighted by Crippen LogP contribution is 2.41. The van der Waals surface area contributed by atoms with Crippen LogP contribution in [0.5, 0.6) is 11.5 Å². The van der Waals surface area contributed by atoms with Crippen LogP contribution in [0.15, 0.2) is 48.0 Å². The molecule has 0 aliphatic carbocycles. The lowest BCUT2D eigenvalue weighted by molar-refractivity contribution is -0.139. The van der Waals surface area contributed by atoms with Gasteiger partial charge in [-0.25, -0.2) is 0 Å². The molecule has 1 amide bonds. The van der Waals surface area contributed by atoms with Crippen LogP contribution in [0.1, 0.15) is 56.3 Å². The molecule has 1 N–H and O–H groups in total. The lowest BCUT2D eigenvalue weighted by Crippen LogP contribution is -2.32. The van der Waals surface area contributed by atoms with E-state index >= 15 is 0 Å². The molecule has 1 fully saturated rings. The normalized spacial score (nSPS) is 20.6. The number of hydrogen-bond acceptors (Lipinski definition) is 6. The van der Waals surface area contributed by atoms with Gasteiger partial charge in [0.05, 0.1) is 18.2 Å². The maximum Gasteiger partial charge on any atom is 0.295 e. The van der Waals surface area contributed by atoms with Crippen LogP contribution in [-0.2, 0) is 16.0 Å². The summed E-state index contributed by atoms with van der Waals surface area (Å²) in [6.07, 6.45) is 2.42. The molecule has 0 radical (unpaired) electrons. The summed E-state index contributed by atoms with van der Waals surface area (Å²) in [5.74, 6) is 0.578. The van der Waals surface area contributed by atoms with Gasteiger partial charge in [-0.1, -0.05) is 26.0 Å². The lowest BCUT2D eigenvalue weighted by atomic mass is 9.94. The van der Waals surface area contributed by atoms with Gasteiger partial charge in [-0.2, -0.15) is 0 Å². The minimum Gasteiger partial charge on any atom is -0.507 e. The topological polar surface area (TPSA) is 79.3 Å². The number of likely N-dealkylation sites (tertiary alicyclic amines) is 1. The predicted molar refractivity (Wildman–Crippen MR) is 144 cm³/mol. The maximum absolute atomic E-state index is 13.4. The number of hydrogen-bond donors (Lipinski definition) is 1. The lowest BCUT2D eigenvalue weighted by Gasteiger charge is -2.26. The van der Waals surface area contributed by atoms with Crippen molar-refractivity contribution in [1.82, 2.24) is 9.80 Å². The zero-order valence-electron chi connectivity index (χ0n) is 22.5. The monoisotopic (exact) mass is 506 g/mol. The number of ketones is 1. The number of Topliss-reactive ketones (excluding diaryl/α,β-unsaturated/α-hetero) is 1. The van der Waals surface area contributed by atoms with Crippen LogP contribution >= 0.6 is 0 Å². The zero-order chi connectivity index (χ0) is 26.7. The summed E-state index contributed by atoms with van der Waals surface area (Å²) in [7, 11) is 3.95. The highest BCUT2D eigenvalue weighted by atomic mass is 16.5. The molecule has 0 bridgehead atoms. The summed E-state index contributed by atoms with van der Waals surface area (Å²) in [6, 6.07) is 12.2. The van der Waals surface area contributed by atoms with Gasteiger partial charge in [0.15, 0.2) is 0 Å². The first-order chi connectivity index (χ1) is 17.7. The van der Waals surface area contributed by atoms with E-state index in [1.54, 1.807) is 11.0 Å². The second-order valence-electron chi connectivity index (χ2n) is 10.7. The maximum atomic E-state index is 13.4. The number of benzene rings is 2. The Morgan fingerprint density at radius 2 is 1.97 bits per heavy atom. The van der Waals surface area contributed by atoms with Crippen molar-refractivity contribution in [2.45, 2.75) is 52.2 Å². The van der Waals surface area contributed by atoms with Crippen molar-refractivity contribution in [1.29, 1.82) is 0 Å². The molecule has 37 heavy (non-hydrogen) atoms. The van der Waals surface area contributed by atoms with Gasteiger partial charge in [-0.05, 0) is 87.8 Å². The van der Waals surface area contributed by atoms with Crippen molar-refractivity contribution in [3.8, 4) is 11.5 Å². The van der Waals surface area contributed by atoms with Crippen LogP contribution in [-0.4, -0.2) is 66.5 Å². The first-order valence-electron chi connectivity index (χ1n) is 13.1. The van der Waals surface area contributed by atoms with Crippen molar-refractivity contribution in [3.05, 3.63) is 64.7 Å². The molecule has 2 heterocycles. The Morgan fingerprint density at radius 3 is 2.70 bits per heavy atom. The molecule has 2 aliphatic rings. The van der Waals surface area contributed by atoms with Gasteiger partial charge in [-0.3, -0.25) is 9.59 Å². The van der Waals surface area contributed by atoms with E-state index < -0.39 is 17.7 Å². The van der Waals surface area contributed by atoms with Crippen molar-refractivity contribution in [2.75, 3.05) is 33.8 Å². The average Bonchev–Trinajstić information content (AvgIpc) is 3.34. The number of aliphatic hydroxyl groups is 1. The summed E-state index contributed by atoms with van der Waals surface area (Å²) < 4.78 is 11.8. The van der Waals surface area contributed by atoms with Crippen molar-refractivity contribution in [2.24, 2.45) is 5.92 Å². The van der Waals surface area contributed by atoms with Gasteiger partial charge in [0.2, 0.25) is 0 Å². The summed E-state index contributed by atoms with van der Waals surface area (Å²) in [6.45, 7) is 8.05. The minimum atomic E-state index is -0.695. The van der Waals surface area contributed by atoms with E-state index in [1.807, 2.05) is 62.3 Å². The first-order valence-corrected chi connectivity index (χ1v) is 13.1. The van der Waals surface area contributed by atoms with Crippen molar-refractivity contribution < 1.29 is 24.2 Å². The number of aliphatic hydroxyl groups excluding tert-OH is 1. The fourth-order valence-electron chi connectivity index (χ4n) is 4.93. The van der Waals surface area contributed by atoms with E-state index in [-0.39, 0.29) is 17.4 Å². The van der Waals surface area contributed by atoms with Gasteiger partial charge in [-0.15, -0.1) is 0 Å². The van der Waals surface area contributed by atoms with Crippen LogP contribution in [0.3, 0.4) is 0 Å². The van der Waals surface area contributed by atoms with Crippen LogP contribution in [0.4, 0.5) is 0 Å². The molecule has 2 aliphatic heterocycles. The van der Waals surface area contributed by atoms with Crippen molar-refractivity contribution in [3.63, 3.8) is 0 Å². The largest absolute Gasteiger partial charge is 0.507 e. The van der Waals surface area contributed by atoms with E-state index in [0.29, 0.717) is 36.8 Å². The smallest absolute Gasteiger partial charge is 0.295 e. The number of fused-ring (bicyclic) bond motifs is 1. The number of carbonyl (C=O) groups is 2. The van der Waals surface area contributed by atoms with Gasteiger partial charge < -0.3 is 24.4 Å². The second kappa shape index (κ2) is 11.4. The molecule has 2 aromatic rings. The molecular formula is C30H38N2O5.